The number of rotatable bonds is 8. The Balaban J connectivity index is 1.80. The average Bonchev–Trinajstić information content (AvgIpc) is 3.04. The van der Waals surface area contributed by atoms with E-state index in [1.54, 1.807) is 6.20 Å². The second kappa shape index (κ2) is 7.99. The van der Waals surface area contributed by atoms with Gasteiger partial charge in [-0.15, -0.1) is 0 Å². The van der Waals surface area contributed by atoms with E-state index in [1.807, 2.05) is 37.4 Å². The fraction of sp³-hybridized carbons (Fsp3) is 0.389. The molecule has 6 nitrogen and oxygen atoms in total. The van der Waals surface area contributed by atoms with E-state index < -0.39 is 0 Å². The number of hydrogen-bond acceptors (Lipinski definition) is 6. The monoisotopic (exact) mass is 330 g/mol. The second-order valence-corrected chi connectivity index (χ2v) is 5.54. The van der Waals surface area contributed by atoms with Gasteiger partial charge in [0.05, 0.1) is 13.2 Å². The lowest BCUT2D eigenvalue weighted by Crippen LogP contribution is -2.26. The van der Waals surface area contributed by atoms with Gasteiger partial charge in [0.1, 0.15) is 5.75 Å². The van der Waals surface area contributed by atoms with Gasteiger partial charge in [0.15, 0.2) is 11.5 Å². The highest BCUT2D eigenvalue weighted by Gasteiger charge is 2.19. The summed E-state index contributed by atoms with van der Waals surface area (Å²) in [6.45, 7) is 4.77. The standard InChI is InChI=1S/C18H22N2O4/c1-2-22-16-9-18-17(23-13-24-18)8-15(16)12-20(6-7-21)11-14-4-3-5-19-10-14/h3-5,8-10,21H,2,6-7,11-13H2,1H3. The summed E-state index contributed by atoms with van der Waals surface area (Å²) in [6.07, 6.45) is 3.60. The zero-order valence-corrected chi connectivity index (χ0v) is 13.8. The van der Waals surface area contributed by atoms with E-state index in [4.69, 9.17) is 14.2 Å². The molecule has 6 heteroatoms. The molecular formula is C18H22N2O4. The highest BCUT2D eigenvalue weighted by Crippen LogP contribution is 2.38. The van der Waals surface area contributed by atoms with Gasteiger partial charge in [-0.1, -0.05) is 6.07 Å². The summed E-state index contributed by atoms with van der Waals surface area (Å²) in [5, 5.41) is 9.39. The average molecular weight is 330 g/mol. The molecule has 2 aromatic rings. The zero-order chi connectivity index (χ0) is 16.8. The molecule has 0 spiro atoms. The first-order valence-corrected chi connectivity index (χ1v) is 8.07. The van der Waals surface area contributed by atoms with Crippen molar-refractivity contribution in [2.45, 2.75) is 20.0 Å². The fourth-order valence-electron chi connectivity index (χ4n) is 2.73. The number of aliphatic hydroxyl groups is 1. The Bertz CT molecular complexity index is 664. The molecule has 1 aromatic heterocycles. The summed E-state index contributed by atoms with van der Waals surface area (Å²) < 4.78 is 16.7. The Hall–Kier alpha value is -2.31. The van der Waals surface area contributed by atoms with Crippen LogP contribution in [-0.2, 0) is 13.1 Å². The molecule has 0 bridgehead atoms. The molecule has 2 heterocycles. The third-order valence-electron chi connectivity index (χ3n) is 3.79. The first-order valence-electron chi connectivity index (χ1n) is 8.07. The van der Waals surface area contributed by atoms with Gasteiger partial charge in [-0.3, -0.25) is 9.88 Å². The normalized spacial score (nSPS) is 12.6. The maximum atomic E-state index is 9.39. The topological polar surface area (TPSA) is 64.1 Å². The van der Waals surface area contributed by atoms with Gasteiger partial charge in [0.25, 0.3) is 0 Å². The predicted octanol–water partition coefficient (Wildman–Crippen LogP) is 2.20. The molecule has 3 rings (SSSR count). The van der Waals surface area contributed by atoms with E-state index in [2.05, 4.69) is 9.88 Å². The second-order valence-electron chi connectivity index (χ2n) is 5.54. The summed E-state index contributed by atoms with van der Waals surface area (Å²) >= 11 is 0. The molecule has 0 unspecified atom stereocenters. The SMILES string of the molecule is CCOc1cc2c(cc1CN(CCO)Cc1cccnc1)OCO2. The van der Waals surface area contributed by atoms with Crippen molar-refractivity contribution in [3.63, 3.8) is 0 Å². The van der Waals surface area contributed by atoms with Crippen LogP contribution < -0.4 is 14.2 Å². The van der Waals surface area contributed by atoms with Gasteiger partial charge < -0.3 is 19.3 Å². The molecule has 0 radical (unpaired) electrons. The van der Waals surface area contributed by atoms with Crippen LogP contribution in [0.2, 0.25) is 0 Å². The lowest BCUT2D eigenvalue weighted by Gasteiger charge is -2.23. The molecule has 1 aliphatic rings. The van der Waals surface area contributed by atoms with E-state index in [9.17, 15) is 5.11 Å². The Morgan fingerprint density at radius 1 is 1.25 bits per heavy atom. The van der Waals surface area contributed by atoms with E-state index in [0.717, 1.165) is 22.6 Å². The van der Waals surface area contributed by atoms with Crippen molar-refractivity contribution in [3.05, 3.63) is 47.8 Å². The van der Waals surface area contributed by atoms with Gasteiger partial charge in [-0.25, -0.2) is 0 Å². The highest BCUT2D eigenvalue weighted by molar-refractivity contribution is 5.51. The van der Waals surface area contributed by atoms with E-state index in [-0.39, 0.29) is 13.4 Å². The molecule has 1 aliphatic heterocycles. The number of nitrogens with zero attached hydrogens (tertiary/aromatic N) is 2. The van der Waals surface area contributed by atoms with Crippen LogP contribution in [0.15, 0.2) is 36.7 Å². The van der Waals surface area contributed by atoms with Crippen molar-refractivity contribution in [1.82, 2.24) is 9.88 Å². The Morgan fingerprint density at radius 2 is 2.08 bits per heavy atom. The van der Waals surface area contributed by atoms with Crippen LogP contribution >= 0.6 is 0 Å². The maximum Gasteiger partial charge on any atom is 0.231 e. The lowest BCUT2D eigenvalue weighted by atomic mass is 10.1. The number of fused-ring (bicyclic) bond motifs is 1. The van der Waals surface area contributed by atoms with Crippen molar-refractivity contribution in [3.8, 4) is 17.2 Å². The smallest absolute Gasteiger partial charge is 0.231 e. The molecule has 0 aliphatic carbocycles. The first-order chi connectivity index (χ1) is 11.8. The minimum Gasteiger partial charge on any atom is -0.493 e. The van der Waals surface area contributed by atoms with Crippen molar-refractivity contribution < 1.29 is 19.3 Å². The molecule has 1 aromatic carbocycles. The van der Waals surface area contributed by atoms with Gasteiger partial charge in [0.2, 0.25) is 6.79 Å². The zero-order valence-electron chi connectivity index (χ0n) is 13.8. The molecule has 0 fully saturated rings. The minimum absolute atomic E-state index is 0.0920. The molecule has 0 atom stereocenters. The third-order valence-corrected chi connectivity index (χ3v) is 3.79. The lowest BCUT2D eigenvalue weighted by molar-refractivity contribution is 0.173. The molecule has 0 saturated carbocycles. The Morgan fingerprint density at radius 3 is 2.79 bits per heavy atom. The molecule has 1 N–H and O–H groups in total. The summed E-state index contributed by atoms with van der Waals surface area (Å²) in [6, 6.07) is 7.78. The summed E-state index contributed by atoms with van der Waals surface area (Å²) in [5.74, 6) is 2.23. The van der Waals surface area contributed by atoms with Crippen molar-refractivity contribution in [2.24, 2.45) is 0 Å². The number of benzene rings is 1. The van der Waals surface area contributed by atoms with Crippen LogP contribution in [0, 0.1) is 0 Å². The maximum absolute atomic E-state index is 9.39. The number of aliphatic hydroxyl groups excluding tert-OH is 1. The van der Waals surface area contributed by atoms with Crippen molar-refractivity contribution >= 4 is 0 Å². The van der Waals surface area contributed by atoms with Crippen LogP contribution in [0.4, 0.5) is 0 Å². The number of pyridine rings is 1. The molecule has 24 heavy (non-hydrogen) atoms. The highest BCUT2D eigenvalue weighted by atomic mass is 16.7. The Kier molecular flexibility index (Phi) is 5.51. The van der Waals surface area contributed by atoms with E-state index in [0.29, 0.717) is 32.0 Å². The first kappa shape index (κ1) is 16.5. The minimum atomic E-state index is 0.0920. The molecule has 0 saturated heterocycles. The molecule has 0 amide bonds. The van der Waals surface area contributed by atoms with Gasteiger partial charge in [-0.2, -0.15) is 0 Å². The fourth-order valence-corrected chi connectivity index (χ4v) is 2.73. The quantitative estimate of drug-likeness (QED) is 0.800. The number of aromatic nitrogens is 1. The predicted molar refractivity (Wildman–Crippen MR) is 89.2 cm³/mol. The van der Waals surface area contributed by atoms with Gasteiger partial charge in [-0.05, 0) is 24.6 Å². The van der Waals surface area contributed by atoms with Crippen LogP contribution in [-0.4, -0.2) is 41.5 Å². The Labute approximate surface area is 141 Å². The van der Waals surface area contributed by atoms with Crippen LogP contribution in [0.25, 0.3) is 0 Å². The van der Waals surface area contributed by atoms with Crippen molar-refractivity contribution in [2.75, 3.05) is 26.6 Å². The third kappa shape index (κ3) is 3.96. The summed E-state index contributed by atoms with van der Waals surface area (Å²) in [7, 11) is 0. The van der Waals surface area contributed by atoms with Crippen LogP contribution in [0.5, 0.6) is 17.2 Å². The summed E-state index contributed by atoms with van der Waals surface area (Å²) in [4.78, 5) is 6.30. The molecule has 128 valence electrons. The summed E-state index contributed by atoms with van der Waals surface area (Å²) in [5.41, 5.74) is 2.11. The van der Waals surface area contributed by atoms with Gasteiger partial charge >= 0.3 is 0 Å². The van der Waals surface area contributed by atoms with Crippen LogP contribution in [0.3, 0.4) is 0 Å². The van der Waals surface area contributed by atoms with Crippen LogP contribution in [0.1, 0.15) is 18.1 Å². The molecular weight excluding hydrogens is 308 g/mol. The number of ether oxygens (including phenoxy) is 3. The van der Waals surface area contributed by atoms with Crippen molar-refractivity contribution in [1.29, 1.82) is 0 Å². The van der Waals surface area contributed by atoms with E-state index >= 15 is 0 Å². The van der Waals surface area contributed by atoms with E-state index in [1.165, 1.54) is 0 Å². The number of hydrogen-bond donors (Lipinski definition) is 1. The van der Waals surface area contributed by atoms with Gasteiger partial charge in [0, 0.05) is 43.7 Å². The largest absolute Gasteiger partial charge is 0.493 e.